The fourth-order valence-corrected chi connectivity index (χ4v) is 5.63. The van der Waals surface area contributed by atoms with Crippen molar-refractivity contribution in [2.45, 2.75) is 43.6 Å². The largest absolute Gasteiger partial charge is 0.454 e. The number of hydrogen-bond acceptors (Lipinski definition) is 5. The first kappa shape index (κ1) is 19.8. The highest BCUT2D eigenvalue weighted by molar-refractivity contribution is 8.01. The molecule has 2 aromatic rings. The Morgan fingerprint density at radius 3 is 2.86 bits per heavy atom. The van der Waals surface area contributed by atoms with E-state index in [0.717, 1.165) is 22.8 Å². The van der Waals surface area contributed by atoms with Gasteiger partial charge in [0.15, 0.2) is 6.61 Å². The van der Waals surface area contributed by atoms with Gasteiger partial charge in [-0.05, 0) is 36.6 Å². The normalized spacial score (nSPS) is 24.4. The second kappa shape index (κ2) is 7.71. The average molecular weight is 413 g/mol. The van der Waals surface area contributed by atoms with Gasteiger partial charge in [-0.1, -0.05) is 42.5 Å². The Morgan fingerprint density at radius 1 is 1.28 bits per heavy atom. The first-order chi connectivity index (χ1) is 13.9. The predicted molar refractivity (Wildman–Crippen MR) is 112 cm³/mol. The van der Waals surface area contributed by atoms with E-state index in [1.807, 2.05) is 56.3 Å². The molecule has 6 nitrogen and oxygen atoms in total. The van der Waals surface area contributed by atoms with E-state index in [9.17, 15) is 14.4 Å². The number of esters is 1. The molecule has 0 aliphatic carbocycles. The smallest absolute Gasteiger partial charge is 0.330 e. The molecule has 2 fully saturated rings. The SMILES string of the molecule is C[C@H](NC(=O)COC(=O)[C@H]1CS[C@@]2(C)CCC(=O)N12)c1cccc2ccccc12. The van der Waals surface area contributed by atoms with Crippen LogP contribution in [0.3, 0.4) is 0 Å². The van der Waals surface area contributed by atoms with Gasteiger partial charge >= 0.3 is 5.97 Å². The monoisotopic (exact) mass is 412 g/mol. The number of carbonyl (C=O) groups excluding carboxylic acids is 3. The predicted octanol–water partition coefficient (Wildman–Crippen LogP) is 3.01. The summed E-state index contributed by atoms with van der Waals surface area (Å²) in [6, 6.07) is 13.1. The second-order valence-electron chi connectivity index (χ2n) is 7.73. The van der Waals surface area contributed by atoms with Crippen LogP contribution in [0.5, 0.6) is 0 Å². The molecule has 0 spiro atoms. The Morgan fingerprint density at radius 2 is 2.03 bits per heavy atom. The van der Waals surface area contributed by atoms with E-state index in [0.29, 0.717) is 12.2 Å². The lowest BCUT2D eigenvalue weighted by Gasteiger charge is -2.29. The van der Waals surface area contributed by atoms with Gasteiger partial charge in [0.2, 0.25) is 5.91 Å². The third-order valence-corrected chi connectivity index (χ3v) is 7.23. The van der Waals surface area contributed by atoms with E-state index < -0.39 is 12.0 Å². The van der Waals surface area contributed by atoms with Gasteiger partial charge in [-0.25, -0.2) is 4.79 Å². The molecule has 7 heteroatoms. The minimum absolute atomic E-state index is 0.0199. The van der Waals surface area contributed by atoms with Crippen LogP contribution in [-0.4, -0.2) is 46.0 Å². The van der Waals surface area contributed by atoms with E-state index in [4.69, 9.17) is 4.74 Å². The summed E-state index contributed by atoms with van der Waals surface area (Å²) >= 11 is 1.60. The van der Waals surface area contributed by atoms with Gasteiger partial charge in [-0.2, -0.15) is 0 Å². The Balaban J connectivity index is 1.35. The van der Waals surface area contributed by atoms with Crippen molar-refractivity contribution in [3.05, 3.63) is 48.0 Å². The maximum atomic E-state index is 12.5. The Kier molecular flexibility index (Phi) is 5.25. The summed E-state index contributed by atoms with van der Waals surface area (Å²) in [5.41, 5.74) is 1.01. The number of hydrogen-bond donors (Lipinski definition) is 1. The molecule has 2 aliphatic heterocycles. The van der Waals surface area contributed by atoms with E-state index in [2.05, 4.69) is 5.32 Å². The average Bonchev–Trinajstić information content (AvgIpc) is 3.21. The maximum Gasteiger partial charge on any atom is 0.330 e. The number of carbonyl (C=O) groups is 3. The number of ether oxygens (including phenoxy) is 1. The van der Waals surface area contributed by atoms with Gasteiger partial charge in [0, 0.05) is 12.2 Å². The molecule has 152 valence electrons. The minimum Gasteiger partial charge on any atom is -0.454 e. The molecule has 2 aromatic carbocycles. The molecule has 2 saturated heterocycles. The van der Waals surface area contributed by atoms with Crippen molar-refractivity contribution in [1.82, 2.24) is 10.2 Å². The van der Waals surface area contributed by atoms with Crippen LogP contribution in [0.25, 0.3) is 10.8 Å². The lowest BCUT2D eigenvalue weighted by molar-refractivity contribution is -0.156. The summed E-state index contributed by atoms with van der Waals surface area (Å²) in [6.45, 7) is 3.53. The highest BCUT2D eigenvalue weighted by Gasteiger charge is 2.53. The van der Waals surface area contributed by atoms with Crippen LogP contribution in [0.1, 0.15) is 38.3 Å². The zero-order valence-electron chi connectivity index (χ0n) is 16.5. The van der Waals surface area contributed by atoms with Crippen LogP contribution in [0.2, 0.25) is 0 Å². The summed E-state index contributed by atoms with van der Waals surface area (Å²) in [5, 5.41) is 5.08. The second-order valence-corrected chi connectivity index (χ2v) is 9.23. The van der Waals surface area contributed by atoms with Crippen LogP contribution in [0.15, 0.2) is 42.5 Å². The van der Waals surface area contributed by atoms with E-state index in [1.54, 1.807) is 16.7 Å². The van der Waals surface area contributed by atoms with Gasteiger partial charge in [0.05, 0.1) is 10.9 Å². The minimum atomic E-state index is -0.608. The number of amides is 2. The molecule has 0 saturated carbocycles. The van der Waals surface area contributed by atoms with Crippen LogP contribution in [-0.2, 0) is 19.1 Å². The molecule has 0 aromatic heterocycles. The Labute approximate surface area is 174 Å². The van der Waals surface area contributed by atoms with Crippen LogP contribution in [0, 0.1) is 0 Å². The topological polar surface area (TPSA) is 75.7 Å². The number of benzene rings is 2. The quantitative estimate of drug-likeness (QED) is 0.764. The fourth-order valence-electron chi connectivity index (χ4n) is 4.22. The molecule has 1 N–H and O–H groups in total. The molecular weight excluding hydrogens is 388 g/mol. The van der Waals surface area contributed by atoms with Gasteiger partial charge in [-0.15, -0.1) is 11.8 Å². The van der Waals surface area contributed by atoms with E-state index >= 15 is 0 Å². The third-order valence-electron chi connectivity index (χ3n) is 5.73. The molecule has 0 radical (unpaired) electrons. The number of thioether (sulfide) groups is 1. The number of rotatable bonds is 5. The molecule has 2 aliphatic rings. The zero-order chi connectivity index (χ0) is 20.6. The number of fused-ring (bicyclic) bond motifs is 2. The molecule has 4 rings (SSSR count). The summed E-state index contributed by atoms with van der Waals surface area (Å²) in [6.07, 6.45) is 1.19. The van der Waals surface area contributed by atoms with E-state index in [1.165, 1.54) is 0 Å². The molecule has 2 amide bonds. The number of nitrogens with one attached hydrogen (secondary N) is 1. The van der Waals surface area contributed by atoms with Crippen molar-refractivity contribution in [3.63, 3.8) is 0 Å². The van der Waals surface area contributed by atoms with Crippen molar-refractivity contribution in [3.8, 4) is 0 Å². The van der Waals surface area contributed by atoms with Crippen LogP contribution < -0.4 is 5.32 Å². The zero-order valence-corrected chi connectivity index (χ0v) is 17.3. The maximum absolute atomic E-state index is 12.5. The van der Waals surface area contributed by atoms with Crippen molar-refractivity contribution < 1.29 is 19.1 Å². The third kappa shape index (κ3) is 3.71. The fraction of sp³-hybridized carbons (Fsp3) is 0.409. The van der Waals surface area contributed by atoms with Crippen molar-refractivity contribution in [2.75, 3.05) is 12.4 Å². The van der Waals surface area contributed by atoms with Crippen molar-refractivity contribution in [1.29, 1.82) is 0 Å². The Bertz CT molecular complexity index is 973. The number of nitrogens with zero attached hydrogens (tertiary/aromatic N) is 1. The van der Waals surface area contributed by atoms with Crippen molar-refractivity contribution in [2.24, 2.45) is 0 Å². The lowest BCUT2D eigenvalue weighted by atomic mass is 10.00. The summed E-state index contributed by atoms with van der Waals surface area (Å²) < 4.78 is 5.26. The Hall–Kier alpha value is -2.54. The van der Waals surface area contributed by atoms with Gasteiger partial charge in [-0.3, -0.25) is 9.59 Å². The molecular formula is C22H24N2O4S. The highest BCUT2D eigenvalue weighted by Crippen LogP contribution is 2.47. The standard InChI is InChI=1S/C22H24N2O4S/c1-14(16-9-5-7-15-6-3-4-8-17(15)16)23-19(25)12-28-21(27)18-13-29-22(2)11-10-20(26)24(18)22/h3-9,14,18H,10-13H2,1-2H3,(H,23,25)/t14-,18+,22-/m0/s1. The summed E-state index contributed by atoms with van der Waals surface area (Å²) in [5.74, 6) is -0.382. The van der Waals surface area contributed by atoms with Crippen molar-refractivity contribution >= 4 is 40.3 Å². The van der Waals surface area contributed by atoms with Crippen LogP contribution >= 0.6 is 11.8 Å². The molecule has 3 atom stereocenters. The van der Waals surface area contributed by atoms with Gasteiger partial charge in [0.25, 0.3) is 5.91 Å². The van der Waals surface area contributed by atoms with Gasteiger partial charge in [0.1, 0.15) is 6.04 Å². The molecule has 0 unspecified atom stereocenters. The van der Waals surface area contributed by atoms with Crippen LogP contribution in [0.4, 0.5) is 0 Å². The summed E-state index contributed by atoms with van der Waals surface area (Å²) in [4.78, 5) is 38.3. The van der Waals surface area contributed by atoms with E-state index in [-0.39, 0.29) is 29.3 Å². The molecule has 2 heterocycles. The molecule has 0 bridgehead atoms. The first-order valence-electron chi connectivity index (χ1n) is 9.79. The summed E-state index contributed by atoms with van der Waals surface area (Å²) in [7, 11) is 0. The highest BCUT2D eigenvalue weighted by atomic mass is 32.2. The van der Waals surface area contributed by atoms with Gasteiger partial charge < -0.3 is 15.0 Å². The lowest BCUT2D eigenvalue weighted by Crippen LogP contribution is -2.47. The molecule has 29 heavy (non-hydrogen) atoms. The first-order valence-corrected chi connectivity index (χ1v) is 10.8.